The van der Waals surface area contributed by atoms with Crippen molar-refractivity contribution in [1.82, 2.24) is 15.1 Å². The topological polar surface area (TPSA) is 39.1 Å². The third-order valence-electron chi connectivity index (χ3n) is 3.20. The van der Waals surface area contributed by atoms with E-state index in [4.69, 9.17) is 4.74 Å². The van der Waals surface area contributed by atoms with E-state index in [0.717, 1.165) is 31.8 Å². The fourth-order valence-electron chi connectivity index (χ4n) is 2.09. The molecule has 0 saturated carbocycles. The minimum absolute atomic E-state index is 0.158. The van der Waals surface area contributed by atoms with Crippen LogP contribution in [0, 0.1) is 6.92 Å². The molecule has 2 heterocycles. The van der Waals surface area contributed by atoms with Crippen molar-refractivity contribution in [2.75, 3.05) is 13.2 Å². The highest BCUT2D eigenvalue weighted by atomic mass is 16.5. The minimum atomic E-state index is 0.158. The minimum Gasteiger partial charge on any atom is -0.496 e. The summed E-state index contributed by atoms with van der Waals surface area (Å²) in [5.74, 6) is 1.05. The number of rotatable bonds is 5. The van der Waals surface area contributed by atoms with Crippen molar-refractivity contribution in [1.29, 1.82) is 0 Å². The van der Waals surface area contributed by atoms with E-state index in [2.05, 4.69) is 30.3 Å². The maximum atomic E-state index is 5.69. The lowest BCUT2D eigenvalue weighted by Gasteiger charge is -2.19. The van der Waals surface area contributed by atoms with Crippen molar-refractivity contribution in [2.24, 2.45) is 7.05 Å². The molecule has 4 heteroatoms. The Balaban J connectivity index is 2.23. The summed E-state index contributed by atoms with van der Waals surface area (Å²) < 4.78 is 7.60. The van der Waals surface area contributed by atoms with Crippen LogP contribution in [0.2, 0.25) is 0 Å². The zero-order valence-corrected chi connectivity index (χ0v) is 10.9. The lowest BCUT2D eigenvalue weighted by Crippen LogP contribution is -2.24. The first kappa shape index (κ1) is 12.2. The highest BCUT2D eigenvalue weighted by Crippen LogP contribution is 2.28. The molecule has 1 aromatic rings. The van der Waals surface area contributed by atoms with Gasteiger partial charge in [0, 0.05) is 24.7 Å². The Morgan fingerprint density at radius 2 is 2.41 bits per heavy atom. The van der Waals surface area contributed by atoms with E-state index in [-0.39, 0.29) is 6.04 Å². The van der Waals surface area contributed by atoms with Gasteiger partial charge in [-0.05, 0) is 26.0 Å². The Morgan fingerprint density at radius 3 is 2.94 bits per heavy atom. The largest absolute Gasteiger partial charge is 0.496 e. The smallest absolute Gasteiger partial charge is 0.114 e. The molecule has 94 valence electrons. The van der Waals surface area contributed by atoms with Gasteiger partial charge in [-0.2, -0.15) is 5.10 Å². The van der Waals surface area contributed by atoms with Gasteiger partial charge in [0.1, 0.15) is 5.76 Å². The van der Waals surface area contributed by atoms with Crippen LogP contribution in [0.3, 0.4) is 0 Å². The molecule has 4 nitrogen and oxygen atoms in total. The molecule has 0 amide bonds. The number of aromatic nitrogens is 2. The highest BCUT2D eigenvalue weighted by molar-refractivity contribution is 5.28. The van der Waals surface area contributed by atoms with Crippen molar-refractivity contribution in [3.05, 3.63) is 29.3 Å². The lowest BCUT2D eigenvalue weighted by molar-refractivity contribution is 0.215. The van der Waals surface area contributed by atoms with E-state index < -0.39 is 0 Å². The number of hydrogen-bond acceptors (Lipinski definition) is 3. The van der Waals surface area contributed by atoms with E-state index in [9.17, 15) is 0 Å². The predicted molar refractivity (Wildman–Crippen MR) is 67.6 cm³/mol. The van der Waals surface area contributed by atoms with Crippen molar-refractivity contribution in [2.45, 2.75) is 32.7 Å². The van der Waals surface area contributed by atoms with Gasteiger partial charge < -0.3 is 10.1 Å². The molecule has 2 rings (SSSR count). The molecule has 0 saturated heterocycles. The van der Waals surface area contributed by atoms with Crippen LogP contribution in [-0.4, -0.2) is 22.9 Å². The van der Waals surface area contributed by atoms with E-state index in [1.54, 1.807) is 0 Å². The molecule has 1 aromatic heterocycles. The molecule has 1 unspecified atom stereocenters. The molecule has 0 aliphatic carbocycles. The van der Waals surface area contributed by atoms with Gasteiger partial charge >= 0.3 is 0 Å². The molecular weight excluding hydrogens is 214 g/mol. The molecule has 0 fully saturated rings. The maximum Gasteiger partial charge on any atom is 0.114 e. The summed E-state index contributed by atoms with van der Waals surface area (Å²) in [6.45, 7) is 6.06. The van der Waals surface area contributed by atoms with Crippen molar-refractivity contribution in [3.63, 3.8) is 0 Å². The number of ether oxygens (including phenoxy) is 1. The summed E-state index contributed by atoms with van der Waals surface area (Å²) in [6.07, 6.45) is 6.24. The first-order chi connectivity index (χ1) is 8.24. The monoisotopic (exact) mass is 235 g/mol. The Bertz CT molecular complexity index is 409. The molecule has 1 aliphatic rings. The third kappa shape index (κ3) is 2.52. The summed E-state index contributed by atoms with van der Waals surface area (Å²) >= 11 is 0. The quantitative estimate of drug-likeness (QED) is 0.849. The van der Waals surface area contributed by atoms with E-state index in [1.807, 2.05) is 17.9 Å². The van der Waals surface area contributed by atoms with Crippen LogP contribution in [0.1, 0.15) is 37.1 Å². The van der Waals surface area contributed by atoms with Gasteiger partial charge in [0.15, 0.2) is 0 Å². The van der Waals surface area contributed by atoms with Gasteiger partial charge in [0.05, 0.1) is 18.8 Å². The van der Waals surface area contributed by atoms with Crippen LogP contribution in [0.15, 0.2) is 18.0 Å². The Labute approximate surface area is 103 Å². The number of nitrogens with one attached hydrogen (secondary N) is 1. The second-order valence-electron chi connectivity index (χ2n) is 4.44. The van der Waals surface area contributed by atoms with Crippen molar-refractivity contribution in [3.8, 4) is 0 Å². The molecule has 0 radical (unpaired) electrons. The van der Waals surface area contributed by atoms with Crippen LogP contribution in [0.5, 0.6) is 0 Å². The lowest BCUT2D eigenvalue weighted by atomic mass is 10.1. The van der Waals surface area contributed by atoms with Crippen LogP contribution in [0.25, 0.3) is 0 Å². The van der Waals surface area contributed by atoms with E-state index in [0.29, 0.717) is 0 Å². The van der Waals surface area contributed by atoms with Gasteiger partial charge in [-0.3, -0.25) is 4.68 Å². The molecule has 0 spiro atoms. The molecule has 0 bridgehead atoms. The van der Waals surface area contributed by atoms with Gasteiger partial charge in [0.2, 0.25) is 0 Å². The van der Waals surface area contributed by atoms with E-state index >= 15 is 0 Å². The summed E-state index contributed by atoms with van der Waals surface area (Å²) in [6, 6.07) is 0.158. The average Bonchev–Trinajstić information content (AvgIpc) is 2.94. The van der Waals surface area contributed by atoms with Crippen LogP contribution in [0.4, 0.5) is 0 Å². The molecule has 0 aromatic carbocycles. The fraction of sp³-hybridized carbons (Fsp3) is 0.615. The SMILES string of the molecule is CCCNC(C1=CCCO1)c1cnn(C)c1C. The van der Waals surface area contributed by atoms with Gasteiger partial charge in [-0.15, -0.1) is 0 Å². The second kappa shape index (κ2) is 5.36. The van der Waals surface area contributed by atoms with Crippen LogP contribution >= 0.6 is 0 Å². The van der Waals surface area contributed by atoms with Crippen LogP contribution in [-0.2, 0) is 11.8 Å². The number of aryl methyl sites for hydroxylation is 1. The summed E-state index contributed by atoms with van der Waals surface area (Å²) in [5.41, 5.74) is 2.41. The molecular formula is C13H21N3O. The normalized spacial score (nSPS) is 16.8. The standard InChI is InChI=1S/C13H21N3O/c1-4-7-14-13(12-6-5-8-17-12)11-9-15-16(3)10(11)2/h6,9,13-14H,4-5,7-8H2,1-3H3. The van der Waals surface area contributed by atoms with Gasteiger partial charge in [0.25, 0.3) is 0 Å². The second-order valence-corrected chi connectivity index (χ2v) is 4.44. The molecule has 1 aliphatic heterocycles. The zero-order chi connectivity index (χ0) is 12.3. The number of hydrogen-bond donors (Lipinski definition) is 1. The molecule has 17 heavy (non-hydrogen) atoms. The first-order valence-electron chi connectivity index (χ1n) is 6.28. The maximum absolute atomic E-state index is 5.69. The van der Waals surface area contributed by atoms with Gasteiger partial charge in [-0.25, -0.2) is 0 Å². The molecule has 1 atom stereocenters. The zero-order valence-electron chi connectivity index (χ0n) is 10.9. The highest BCUT2D eigenvalue weighted by Gasteiger charge is 2.23. The fourth-order valence-corrected chi connectivity index (χ4v) is 2.09. The summed E-state index contributed by atoms with van der Waals surface area (Å²) in [7, 11) is 1.97. The molecule has 1 N–H and O–H groups in total. The summed E-state index contributed by atoms with van der Waals surface area (Å²) in [5, 5.41) is 7.85. The Morgan fingerprint density at radius 1 is 1.59 bits per heavy atom. The van der Waals surface area contributed by atoms with Crippen LogP contribution < -0.4 is 5.32 Å². The van der Waals surface area contributed by atoms with Crippen molar-refractivity contribution < 1.29 is 4.74 Å². The Kier molecular flexibility index (Phi) is 3.84. The van der Waals surface area contributed by atoms with E-state index in [1.165, 1.54) is 11.3 Å². The average molecular weight is 235 g/mol. The third-order valence-corrected chi connectivity index (χ3v) is 3.20. The Hall–Kier alpha value is -1.29. The predicted octanol–water partition coefficient (Wildman–Crippen LogP) is 2.07. The first-order valence-corrected chi connectivity index (χ1v) is 6.28. The van der Waals surface area contributed by atoms with Gasteiger partial charge in [-0.1, -0.05) is 6.92 Å². The van der Waals surface area contributed by atoms with Crippen molar-refractivity contribution >= 4 is 0 Å². The summed E-state index contributed by atoms with van der Waals surface area (Å²) in [4.78, 5) is 0. The number of nitrogens with zero attached hydrogens (tertiary/aromatic N) is 2.